The van der Waals surface area contributed by atoms with E-state index in [4.69, 9.17) is 19.9 Å². The molecule has 140 valence electrons. The predicted molar refractivity (Wildman–Crippen MR) is 107 cm³/mol. The summed E-state index contributed by atoms with van der Waals surface area (Å²) in [5.74, 6) is 2.62. The molecule has 0 bridgehead atoms. The zero-order valence-electron chi connectivity index (χ0n) is 15.2. The number of guanidine groups is 1. The van der Waals surface area contributed by atoms with Crippen molar-refractivity contribution < 1.29 is 14.2 Å². The molecule has 2 aromatic carbocycles. The zero-order chi connectivity index (χ0) is 18.9. The quantitative estimate of drug-likeness (QED) is 0.505. The Hall–Kier alpha value is -2.41. The highest BCUT2D eigenvalue weighted by molar-refractivity contribution is 9.10. The molecule has 2 aromatic rings. The SMILES string of the molecule is COc1ccc(Br)cc1CN=C(N)NCCc1ccc(OC)c(OC)c1. The molecule has 6 nitrogen and oxygen atoms in total. The number of halogens is 1. The van der Waals surface area contributed by atoms with E-state index in [1.165, 1.54) is 0 Å². The topological polar surface area (TPSA) is 78.1 Å². The van der Waals surface area contributed by atoms with Crippen LogP contribution in [0.25, 0.3) is 0 Å². The van der Waals surface area contributed by atoms with Crippen LogP contribution in [0.2, 0.25) is 0 Å². The normalized spacial score (nSPS) is 11.2. The molecule has 0 fully saturated rings. The standard InChI is InChI=1S/C19H24BrN3O3/c1-24-16-7-5-15(20)11-14(16)12-23-19(21)22-9-8-13-4-6-17(25-2)18(10-13)26-3/h4-7,10-11H,8-9,12H2,1-3H3,(H3,21,22,23). The first-order valence-electron chi connectivity index (χ1n) is 8.14. The van der Waals surface area contributed by atoms with Crippen LogP contribution < -0.4 is 25.3 Å². The molecule has 0 saturated heterocycles. The van der Waals surface area contributed by atoms with E-state index in [0.29, 0.717) is 30.5 Å². The minimum absolute atomic E-state index is 0.396. The van der Waals surface area contributed by atoms with Gasteiger partial charge in [-0.05, 0) is 42.3 Å². The van der Waals surface area contributed by atoms with Gasteiger partial charge in [-0.2, -0.15) is 0 Å². The number of ether oxygens (including phenoxy) is 3. The maximum Gasteiger partial charge on any atom is 0.188 e. The number of hydrogen-bond acceptors (Lipinski definition) is 4. The smallest absolute Gasteiger partial charge is 0.188 e. The highest BCUT2D eigenvalue weighted by Gasteiger charge is 2.05. The highest BCUT2D eigenvalue weighted by atomic mass is 79.9. The minimum Gasteiger partial charge on any atom is -0.496 e. The van der Waals surface area contributed by atoms with Gasteiger partial charge in [0.15, 0.2) is 17.5 Å². The van der Waals surface area contributed by atoms with Crippen LogP contribution in [0.3, 0.4) is 0 Å². The molecule has 2 rings (SSSR count). The first-order valence-corrected chi connectivity index (χ1v) is 8.93. The van der Waals surface area contributed by atoms with Crippen molar-refractivity contribution in [2.45, 2.75) is 13.0 Å². The Morgan fingerprint density at radius 3 is 2.38 bits per heavy atom. The van der Waals surface area contributed by atoms with Crippen molar-refractivity contribution in [3.63, 3.8) is 0 Å². The van der Waals surface area contributed by atoms with Crippen molar-refractivity contribution in [1.29, 1.82) is 0 Å². The Morgan fingerprint density at radius 1 is 1.00 bits per heavy atom. The van der Waals surface area contributed by atoms with Gasteiger partial charge in [0.05, 0.1) is 27.9 Å². The summed E-state index contributed by atoms with van der Waals surface area (Å²) in [6.45, 7) is 1.11. The summed E-state index contributed by atoms with van der Waals surface area (Å²) in [5, 5.41) is 3.12. The van der Waals surface area contributed by atoms with Crippen LogP contribution in [0.1, 0.15) is 11.1 Å². The molecule has 0 aromatic heterocycles. The Labute approximate surface area is 162 Å². The van der Waals surface area contributed by atoms with E-state index in [2.05, 4.69) is 26.2 Å². The first kappa shape index (κ1) is 19.9. The fourth-order valence-corrected chi connectivity index (χ4v) is 2.88. The fourth-order valence-electron chi connectivity index (χ4n) is 2.47. The summed E-state index contributed by atoms with van der Waals surface area (Å²) in [5.41, 5.74) is 8.04. The highest BCUT2D eigenvalue weighted by Crippen LogP contribution is 2.27. The number of hydrogen-bond donors (Lipinski definition) is 2. The van der Waals surface area contributed by atoms with E-state index < -0.39 is 0 Å². The van der Waals surface area contributed by atoms with E-state index in [1.54, 1.807) is 21.3 Å². The van der Waals surface area contributed by atoms with Gasteiger partial charge >= 0.3 is 0 Å². The molecule has 0 radical (unpaired) electrons. The van der Waals surface area contributed by atoms with E-state index in [-0.39, 0.29) is 0 Å². The van der Waals surface area contributed by atoms with E-state index in [9.17, 15) is 0 Å². The van der Waals surface area contributed by atoms with Crippen LogP contribution >= 0.6 is 15.9 Å². The molecule has 0 aliphatic rings. The first-order chi connectivity index (χ1) is 12.6. The Kier molecular flexibility index (Phi) is 7.59. The molecule has 0 aliphatic heterocycles. The van der Waals surface area contributed by atoms with Gasteiger partial charge in [-0.3, -0.25) is 0 Å². The molecule has 3 N–H and O–H groups in total. The second-order valence-electron chi connectivity index (χ2n) is 5.52. The second-order valence-corrected chi connectivity index (χ2v) is 6.44. The molecule has 0 atom stereocenters. The van der Waals surface area contributed by atoms with Crippen LogP contribution in [0.15, 0.2) is 45.9 Å². The summed E-state index contributed by atoms with van der Waals surface area (Å²) in [7, 11) is 4.89. The summed E-state index contributed by atoms with van der Waals surface area (Å²) < 4.78 is 16.9. The van der Waals surface area contributed by atoms with Crippen molar-refractivity contribution in [2.75, 3.05) is 27.9 Å². The molecule has 0 aliphatic carbocycles. The molecule has 0 saturated carbocycles. The van der Waals surface area contributed by atoms with Crippen molar-refractivity contribution in [2.24, 2.45) is 10.7 Å². The summed E-state index contributed by atoms with van der Waals surface area (Å²) >= 11 is 3.45. The number of nitrogens with one attached hydrogen (secondary N) is 1. The molecule has 7 heteroatoms. The lowest BCUT2D eigenvalue weighted by Gasteiger charge is -2.11. The summed E-state index contributed by atoms with van der Waals surface area (Å²) in [4.78, 5) is 4.37. The van der Waals surface area contributed by atoms with E-state index in [1.807, 2.05) is 36.4 Å². The van der Waals surface area contributed by atoms with Gasteiger partial charge in [0, 0.05) is 16.6 Å². The number of aliphatic imine (C=N–C) groups is 1. The fraction of sp³-hybridized carbons (Fsp3) is 0.316. The van der Waals surface area contributed by atoms with E-state index in [0.717, 1.165) is 27.8 Å². The molecular formula is C19H24BrN3O3. The molecule has 0 unspecified atom stereocenters. The van der Waals surface area contributed by atoms with Crippen LogP contribution in [0, 0.1) is 0 Å². The van der Waals surface area contributed by atoms with Crippen molar-refractivity contribution in [3.8, 4) is 17.2 Å². The summed E-state index contributed by atoms with van der Waals surface area (Å²) in [6, 6.07) is 11.7. The monoisotopic (exact) mass is 421 g/mol. The predicted octanol–water partition coefficient (Wildman–Crippen LogP) is 3.12. The lowest BCUT2D eigenvalue weighted by Crippen LogP contribution is -2.33. The van der Waals surface area contributed by atoms with Gasteiger partial charge in [-0.25, -0.2) is 4.99 Å². The third kappa shape index (κ3) is 5.56. The summed E-state index contributed by atoms with van der Waals surface area (Å²) in [6.07, 6.45) is 0.788. The largest absolute Gasteiger partial charge is 0.496 e. The number of benzene rings is 2. The van der Waals surface area contributed by atoms with Gasteiger partial charge < -0.3 is 25.3 Å². The van der Waals surface area contributed by atoms with Crippen molar-refractivity contribution >= 4 is 21.9 Å². The number of nitrogens with two attached hydrogens (primary N) is 1. The molecular weight excluding hydrogens is 398 g/mol. The average molecular weight is 422 g/mol. The van der Waals surface area contributed by atoms with Crippen LogP contribution in [0.5, 0.6) is 17.2 Å². The average Bonchev–Trinajstić information content (AvgIpc) is 2.66. The van der Waals surface area contributed by atoms with Gasteiger partial charge in [0.2, 0.25) is 0 Å². The Balaban J connectivity index is 1.89. The molecule has 0 spiro atoms. The van der Waals surface area contributed by atoms with Gasteiger partial charge in [-0.1, -0.05) is 22.0 Å². The lowest BCUT2D eigenvalue weighted by atomic mass is 10.1. The second kappa shape index (κ2) is 9.91. The van der Waals surface area contributed by atoms with Gasteiger partial charge in [0.1, 0.15) is 5.75 Å². The lowest BCUT2D eigenvalue weighted by molar-refractivity contribution is 0.354. The third-order valence-corrected chi connectivity index (χ3v) is 4.32. The number of methoxy groups -OCH3 is 3. The van der Waals surface area contributed by atoms with Crippen LogP contribution in [0.4, 0.5) is 0 Å². The Morgan fingerprint density at radius 2 is 1.69 bits per heavy atom. The van der Waals surface area contributed by atoms with Gasteiger partial charge in [0.25, 0.3) is 0 Å². The van der Waals surface area contributed by atoms with Gasteiger partial charge in [-0.15, -0.1) is 0 Å². The molecule has 0 amide bonds. The zero-order valence-corrected chi connectivity index (χ0v) is 16.8. The molecule has 26 heavy (non-hydrogen) atoms. The minimum atomic E-state index is 0.396. The van der Waals surface area contributed by atoms with Crippen LogP contribution in [-0.2, 0) is 13.0 Å². The van der Waals surface area contributed by atoms with Crippen molar-refractivity contribution in [3.05, 3.63) is 52.0 Å². The number of nitrogens with zero attached hydrogens (tertiary/aromatic N) is 1. The van der Waals surface area contributed by atoms with Crippen molar-refractivity contribution in [1.82, 2.24) is 5.32 Å². The Bertz CT molecular complexity index is 766. The molecule has 0 heterocycles. The van der Waals surface area contributed by atoms with E-state index >= 15 is 0 Å². The number of rotatable bonds is 8. The maximum atomic E-state index is 5.96. The maximum absolute atomic E-state index is 5.96. The third-order valence-electron chi connectivity index (χ3n) is 3.83. The van der Waals surface area contributed by atoms with Crippen LogP contribution in [-0.4, -0.2) is 33.8 Å².